The second kappa shape index (κ2) is 3.82. The predicted molar refractivity (Wildman–Crippen MR) is 46.6 cm³/mol. The number of carbonyl (C=O) groups is 1. The Morgan fingerprint density at radius 1 is 1.58 bits per heavy atom. The molecule has 0 saturated heterocycles. The van der Waals surface area contributed by atoms with Gasteiger partial charge in [0.25, 0.3) is 0 Å². The quantitative estimate of drug-likeness (QED) is 0.547. The Labute approximate surface area is 74.1 Å². The first kappa shape index (κ1) is 8.67. The molecule has 5 heteroatoms. The van der Waals surface area contributed by atoms with E-state index in [0.717, 1.165) is 0 Å². The highest BCUT2D eigenvalue weighted by molar-refractivity contribution is 6.29. The van der Waals surface area contributed by atoms with Crippen LogP contribution in [-0.2, 0) is 4.79 Å². The number of carbonyl (C=O) groups excluding carboxylic acids is 1. The number of hydrogen-bond donors (Lipinski definition) is 1. The maximum atomic E-state index is 9.95. The topological polar surface area (TPSA) is 68.9 Å². The van der Waals surface area contributed by atoms with Gasteiger partial charge in [-0.05, 0) is 12.2 Å². The molecule has 0 bridgehead atoms. The lowest BCUT2D eigenvalue weighted by Crippen LogP contribution is -1.96. The third kappa shape index (κ3) is 2.03. The number of halogens is 1. The summed E-state index contributed by atoms with van der Waals surface area (Å²) < 4.78 is 0. The molecule has 4 nitrogen and oxygen atoms in total. The molecule has 0 aromatic carbocycles. The van der Waals surface area contributed by atoms with E-state index in [9.17, 15) is 4.79 Å². The van der Waals surface area contributed by atoms with Crippen molar-refractivity contribution in [1.29, 1.82) is 0 Å². The summed E-state index contributed by atoms with van der Waals surface area (Å²) in [6.45, 7) is 0. The van der Waals surface area contributed by atoms with Gasteiger partial charge in [-0.15, -0.1) is 0 Å². The molecule has 0 saturated carbocycles. The minimum absolute atomic E-state index is 0.209. The number of allylic oxidation sites excluding steroid dienone is 1. The molecule has 62 valence electrons. The van der Waals surface area contributed by atoms with E-state index in [2.05, 4.69) is 9.97 Å². The Kier molecular flexibility index (Phi) is 2.76. The molecule has 0 atom stereocenters. The molecule has 12 heavy (non-hydrogen) atoms. The van der Waals surface area contributed by atoms with E-state index >= 15 is 0 Å². The van der Waals surface area contributed by atoms with Gasteiger partial charge >= 0.3 is 0 Å². The van der Waals surface area contributed by atoms with Crippen molar-refractivity contribution < 1.29 is 4.79 Å². The van der Waals surface area contributed by atoms with Gasteiger partial charge in [0.05, 0.1) is 6.20 Å². The number of nitrogens with two attached hydrogens (primary N) is 1. The Balaban J connectivity index is 3.01. The zero-order chi connectivity index (χ0) is 8.97. The van der Waals surface area contributed by atoms with Crippen LogP contribution in [-0.4, -0.2) is 16.3 Å². The molecule has 0 aliphatic carbocycles. The smallest absolute Gasteiger partial charge is 0.151 e. The molecule has 0 fully saturated rings. The van der Waals surface area contributed by atoms with Crippen molar-refractivity contribution in [2.45, 2.75) is 0 Å². The van der Waals surface area contributed by atoms with Crippen LogP contribution in [0.2, 0.25) is 5.15 Å². The van der Waals surface area contributed by atoms with E-state index in [4.69, 9.17) is 17.3 Å². The largest absolute Gasteiger partial charge is 0.382 e. The summed E-state index contributed by atoms with van der Waals surface area (Å²) in [6.07, 6.45) is 4.75. The van der Waals surface area contributed by atoms with Crippen LogP contribution in [0, 0.1) is 0 Å². The van der Waals surface area contributed by atoms with Crippen LogP contribution in [0.4, 0.5) is 5.82 Å². The number of aromatic nitrogens is 2. The molecule has 1 rings (SSSR count). The number of aldehydes is 1. The highest BCUT2D eigenvalue weighted by Gasteiger charge is 1.98. The van der Waals surface area contributed by atoms with Gasteiger partial charge in [0.2, 0.25) is 0 Å². The SMILES string of the molecule is Nc1nc(Cl)cnc1C=CC=O. The van der Waals surface area contributed by atoms with E-state index in [-0.39, 0.29) is 11.0 Å². The summed E-state index contributed by atoms with van der Waals surface area (Å²) in [6, 6.07) is 0. The molecule has 1 heterocycles. The van der Waals surface area contributed by atoms with Gasteiger partial charge in [0.15, 0.2) is 5.82 Å². The summed E-state index contributed by atoms with van der Waals surface area (Å²) >= 11 is 5.50. The van der Waals surface area contributed by atoms with Crippen LogP contribution < -0.4 is 5.73 Å². The van der Waals surface area contributed by atoms with E-state index in [1.807, 2.05) is 0 Å². The Bertz CT molecular complexity index is 324. The molecule has 0 aliphatic rings. The molecule has 1 aromatic rings. The molecule has 0 spiro atoms. The first-order valence-corrected chi connectivity index (χ1v) is 3.51. The van der Waals surface area contributed by atoms with Crippen molar-refractivity contribution in [1.82, 2.24) is 9.97 Å². The van der Waals surface area contributed by atoms with Crippen LogP contribution in [0.15, 0.2) is 12.3 Å². The average molecular weight is 184 g/mol. The third-order valence-corrected chi connectivity index (χ3v) is 1.31. The van der Waals surface area contributed by atoms with Crippen molar-refractivity contribution in [3.8, 4) is 0 Å². The van der Waals surface area contributed by atoms with Crippen LogP contribution in [0.3, 0.4) is 0 Å². The van der Waals surface area contributed by atoms with Gasteiger partial charge in [-0.1, -0.05) is 11.6 Å². The summed E-state index contributed by atoms with van der Waals surface area (Å²) in [5.41, 5.74) is 5.87. The number of nitrogen functional groups attached to an aromatic ring is 1. The number of hydrogen-bond acceptors (Lipinski definition) is 4. The lowest BCUT2D eigenvalue weighted by atomic mass is 10.4. The normalized spacial score (nSPS) is 10.4. The maximum Gasteiger partial charge on any atom is 0.151 e. The fourth-order valence-electron chi connectivity index (χ4n) is 0.649. The summed E-state index contributed by atoms with van der Waals surface area (Å²) in [4.78, 5) is 17.5. The highest BCUT2D eigenvalue weighted by Crippen LogP contribution is 2.10. The standard InChI is InChI=1S/C7H6ClN3O/c8-6-4-10-5(2-1-3-12)7(9)11-6/h1-4H,(H2,9,11). The Morgan fingerprint density at radius 3 is 2.92 bits per heavy atom. The molecule has 0 amide bonds. The van der Waals surface area contributed by atoms with Crippen LogP contribution in [0.1, 0.15) is 5.69 Å². The molecule has 1 aromatic heterocycles. The number of nitrogens with zero attached hydrogens (tertiary/aromatic N) is 2. The minimum Gasteiger partial charge on any atom is -0.382 e. The fraction of sp³-hybridized carbons (Fsp3) is 0. The molecule has 0 aliphatic heterocycles. The van der Waals surface area contributed by atoms with Crippen molar-refractivity contribution in [2.24, 2.45) is 0 Å². The molecular weight excluding hydrogens is 178 g/mol. The van der Waals surface area contributed by atoms with Gasteiger partial charge in [0, 0.05) is 0 Å². The van der Waals surface area contributed by atoms with Crippen molar-refractivity contribution >= 4 is 29.8 Å². The van der Waals surface area contributed by atoms with Crippen LogP contribution >= 0.6 is 11.6 Å². The van der Waals surface area contributed by atoms with Crippen molar-refractivity contribution in [3.05, 3.63) is 23.1 Å². The van der Waals surface area contributed by atoms with Crippen molar-refractivity contribution in [3.63, 3.8) is 0 Å². The van der Waals surface area contributed by atoms with E-state index in [1.165, 1.54) is 18.3 Å². The molecule has 0 radical (unpaired) electrons. The lowest BCUT2D eigenvalue weighted by Gasteiger charge is -1.96. The molecule has 0 unspecified atom stereocenters. The number of anilines is 1. The first-order valence-electron chi connectivity index (χ1n) is 3.14. The summed E-state index contributed by atoms with van der Waals surface area (Å²) in [5.74, 6) is 0.209. The van der Waals surface area contributed by atoms with E-state index in [1.54, 1.807) is 0 Å². The van der Waals surface area contributed by atoms with Gasteiger partial charge < -0.3 is 5.73 Å². The lowest BCUT2D eigenvalue weighted by molar-refractivity contribution is -0.104. The second-order valence-electron chi connectivity index (χ2n) is 1.96. The predicted octanol–water partition coefficient (Wildman–Crippen LogP) is 0.924. The van der Waals surface area contributed by atoms with Gasteiger partial charge in [-0.2, -0.15) is 0 Å². The zero-order valence-corrected chi connectivity index (χ0v) is 6.82. The summed E-state index contributed by atoms with van der Waals surface area (Å²) in [7, 11) is 0. The second-order valence-corrected chi connectivity index (χ2v) is 2.35. The van der Waals surface area contributed by atoms with Crippen LogP contribution in [0.5, 0.6) is 0 Å². The third-order valence-electron chi connectivity index (χ3n) is 1.13. The van der Waals surface area contributed by atoms with Crippen molar-refractivity contribution in [2.75, 3.05) is 5.73 Å². The van der Waals surface area contributed by atoms with Gasteiger partial charge in [-0.3, -0.25) is 4.79 Å². The molecule has 2 N–H and O–H groups in total. The monoisotopic (exact) mass is 183 g/mol. The molecular formula is C7H6ClN3O. The van der Waals surface area contributed by atoms with Gasteiger partial charge in [-0.25, -0.2) is 9.97 Å². The minimum atomic E-state index is 0.209. The first-order chi connectivity index (χ1) is 5.74. The van der Waals surface area contributed by atoms with Gasteiger partial charge in [0.1, 0.15) is 17.1 Å². The van der Waals surface area contributed by atoms with E-state index in [0.29, 0.717) is 12.0 Å². The summed E-state index contributed by atoms with van der Waals surface area (Å²) in [5, 5.41) is 0.232. The zero-order valence-electron chi connectivity index (χ0n) is 6.07. The Hall–Kier alpha value is -1.42. The average Bonchev–Trinajstić information content (AvgIpc) is 2.03. The number of rotatable bonds is 2. The Morgan fingerprint density at radius 2 is 2.33 bits per heavy atom. The highest BCUT2D eigenvalue weighted by atomic mass is 35.5. The maximum absolute atomic E-state index is 9.95. The fourth-order valence-corrected chi connectivity index (χ4v) is 0.789. The van der Waals surface area contributed by atoms with E-state index < -0.39 is 0 Å². The van der Waals surface area contributed by atoms with Crippen LogP contribution in [0.25, 0.3) is 6.08 Å².